The van der Waals surface area contributed by atoms with Crippen molar-refractivity contribution in [1.29, 1.82) is 0 Å². The molecule has 3 N–H and O–H groups in total. The van der Waals surface area contributed by atoms with Gasteiger partial charge in [0, 0.05) is 19.0 Å². The molecule has 2 aromatic rings. The summed E-state index contributed by atoms with van der Waals surface area (Å²) < 4.78 is 69.8. The topological polar surface area (TPSA) is 105 Å². The van der Waals surface area contributed by atoms with Gasteiger partial charge in [-0.1, -0.05) is 12.1 Å². The maximum atomic E-state index is 12.5. The molecule has 0 aliphatic heterocycles. The molecular formula is C22H25F3N2O5S. The highest BCUT2D eigenvalue weighted by atomic mass is 32.2. The number of ether oxygens (including phenoxy) is 1. The van der Waals surface area contributed by atoms with E-state index in [0.717, 1.165) is 42.7 Å². The van der Waals surface area contributed by atoms with Gasteiger partial charge in [-0.15, -0.1) is 0 Å². The zero-order valence-corrected chi connectivity index (χ0v) is 18.5. The highest BCUT2D eigenvalue weighted by molar-refractivity contribution is 7.89. The fourth-order valence-electron chi connectivity index (χ4n) is 2.89. The molecule has 11 heteroatoms. The molecule has 1 aliphatic carbocycles. The molecule has 0 bridgehead atoms. The van der Waals surface area contributed by atoms with Crippen molar-refractivity contribution in [3.05, 3.63) is 59.7 Å². The molecule has 0 saturated heterocycles. The van der Waals surface area contributed by atoms with Gasteiger partial charge in [0.15, 0.2) is 0 Å². The van der Waals surface area contributed by atoms with E-state index in [9.17, 15) is 31.5 Å². The average Bonchev–Trinajstić information content (AvgIpc) is 3.58. The lowest BCUT2D eigenvalue weighted by Gasteiger charge is -2.14. The van der Waals surface area contributed by atoms with Crippen LogP contribution in [0.4, 0.5) is 13.2 Å². The van der Waals surface area contributed by atoms with Crippen LogP contribution in [0.15, 0.2) is 53.4 Å². The summed E-state index contributed by atoms with van der Waals surface area (Å²) in [6.45, 7) is -0.278. The lowest BCUT2D eigenvalue weighted by molar-refractivity contribution is -0.137. The van der Waals surface area contributed by atoms with Crippen LogP contribution in [0.5, 0.6) is 5.75 Å². The van der Waals surface area contributed by atoms with Crippen LogP contribution >= 0.6 is 0 Å². The summed E-state index contributed by atoms with van der Waals surface area (Å²) in [6.07, 6.45) is -3.25. The van der Waals surface area contributed by atoms with Gasteiger partial charge in [-0.3, -0.25) is 4.79 Å². The number of aliphatic hydroxyl groups excluding tert-OH is 1. The van der Waals surface area contributed by atoms with Gasteiger partial charge in [-0.05, 0) is 61.2 Å². The first kappa shape index (κ1) is 25.0. The molecule has 0 aromatic heterocycles. The molecule has 33 heavy (non-hydrogen) atoms. The van der Waals surface area contributed by atoms with Crippen LogP contribution in [-0.2, 0) is 27.4 Å². The van der Waals surface area contributed by atoms with Crippen molar-refractivity contribution < 1.29 is 36.2 Å². The summed E-state index contributed by atoms with van der Waals surface area (Å²) in [6, 6.07) is 10.4. The normalized spacial score (nSPS) is 15.2. The molecule has 1 unspecified atom stereocenters. The van der Waals surface area contributed by atoms with Gasteiger partial charge in [0.25, 0.3) is 0 Å². The van der Waals surface area contributed by atoms with Gasteiger partial charge in [0.05, 0.1) is 10.5 Å². The lowest BCUT2D eigenvalue weighted by Crippen LogP contribution is -2.35. The lowest BCUT2D eigenvalue weighted by atomic mass is 10.1. The quantitative estimate of drug-likeness (QED) is 0.453. The van der Waals surface area contributed by atoms with Crippen LogP contribution in [0, 0.1) is 0 Å². The van der Waals surface area contributed by atoms with Crippen molar-refractivity contribution in [3.8, 4) is 5.75 Å². The number of rotatable bonds is 11. The summed E-state index contributed by atoms with van der Waals surface area (Å²) in [7, 11) is -3.52. The molecule has 0 spiro atoms. The average molecular weight is 487 g/mol. The molecule has 7 nitrogen and oxygen atoms in total. The number of nitrogens with one attached hydrogen (secondary N) is 2. The summed E-state index contributed by atoms with van der Waals surface area (Å²) in [5.41, 5.74) is -0.00411. The Morgan fingerprint density at radius 2 is 1.73 bits per heavy atom. The number of benzene rings is 2. The molecule has 1 atom stereocenters. The van der Waals surface area contributed by atoms with E-state index in [1.807, 2.05) is 0 Å². The second-order valence-corrected chi connectivity index (χ2v) is 9.54. The van der Waals surface area contributed by atoms with Crippen molar-refractivity contribution in [1.82, 2.24) is 10.0 Å². The Morgan fingerprint density at radius 3 is 2.30 bits per heavy atom. The Balaban J connectivity index is 1.36. The molecule has 1 aliphatic rings. The van der Waals surface area contributed by atoms with Crippen LogP contribution in [0.1, 0.15) is 30.4 Å². The predicted molar refractivity (Wildman–Crippen MR) is 114 cm³/mol. The van der Waals surface area contributed by atoms with E-state index in [2.05, 4.69) is 10.0 Å². The Hall–Kier alpha value is -2.63. The monoisotopic (exact) mass is 486 g/mol. The van der Waals surface area contributed by atoms with E-state index in [4.69, 9.17) is 4.74 Å². The van der Waals surface area contributed by atoms with Gasteiger partial charge in [-0.2, -0.15) is 13.2 Å². The molecule has 1 saturated carbocycles. The van der Waals surface area contributed by atoms with E-state index < -0.39 is 27.9 Å². The molecular weight excluding hydrogens is 461 g/mol. The third kappa shape index (κ3) is 8.02. The molecule has 3 rings (SSSR count). The minimum atomic E-state index is -4.44. The largest absolute Gasteiger partial charge is 0.491 e. The van der Waals surface area contributed by atoms with E-state index in [-0.39, 0.29) is 42.2 Å². The van der Waals surface area contributed by atoms with Gasteiger partial charge < -0.3 is 15.2 Å². The predicted octanol–water partition coefficient (Wildman–Crippen LogP) is 2.63. The maximum absolute atomic E-state index is 12.5. The van der Waals surface area contributed by atoms with Gasteiger partial charge >= 0.3 is 6.18 Å². The third-order valence-electron chi connectivity index (χ3n) is 4.93. The van der Waals surface area contributed by atoms with E-state index in [1.54, 1.807) is 12.1 Å². The van der Waals surface area contributed by atoms with E-state index in [1.165, 1.54) is 12.1 Å². The van der Waals surface area contributed by atoms with Crippen molar-refractivity contribution in [2.45, 2.75) is 48.9 Å². The summed E-state index contributed by atoms with van der Waals surface area (Å²) in [5.74, 6) is -0.137. The number of carbonyl (C=O) groups excluding carboxylic acids is 1. The van der Waals surface area contributed by atoms with Gasteiger partial charge in [-0.25, -0.2) is 13.1 Å². The SMILES string of the molecule is O=C(CCc1ccc(S(=O)(=O)NC2CC2)cc1)NCC(O)COc1ccc(C(F)(F)F)cc1. The zero-order chi connectivity index (χ0) is 24.1. The number of hydrogen-bond donors (Lipinski definition) is 3. The van der Waals surface area contributed by atoms with Crippen LogP contribution in [0.3, 0.4) is 0 Å². The maximum Gasteiger partial charge on any atom is 0.416 e. The Morgan fingerprint density at radius 1 is 1.09 bits per heavy atom. The number of carbonyl (C=O) groups is 1. The summed E-state index contributed by atoms with van der Waals surface area (Å²) in [5, 5.41) is 12.5. The molecule has 0 radical (unpaired) electrons. The number of alkyl halides is 3. The van der Waals surface area contributed by atoms with Crippen molar-refractivity contribution in [3.63, 3.8) is 0 Å². The highest BCUT2D eigenvalue weighted by Gasteiger charge is 2.30. The van der Waals surface area contributed by atoms with Crippen LogP contribution in [0.25, 0.3) is 0 Å². The van der Waals surface area contributed by atoms with E-state index >= 15 is 0 Å². The van der Waals surface area contributed by atoms with Crippen LogP contribution in [0.2, 0.25) is 0 Å². The second kappa shape index (κ2) is 10.5. The molecule has 0 heterocycles. The fraction of sp³-hybridized carbons (Fsp3) is 0.409. The fourth-order valence-corrected chi connectivity index (χ4v) is 4.20. The number of halogens is 3. The molecule has 1 amide bonds. The number of aryl methyl sites for hydroxylation is 1. The first-order chi connectivity index (χ1) is 15.5. The van der Waals surface area contributed by atoms with E-state index in [0.29, 0.717) is 6.42 Å². The van der Waals surface area contributed by atoms with Crippen LogP contribution in [-0.4, -0.2) is 44.7 Å². The summed E-state index contributed by atoms with van der Waals surface area (Å²) >= 11 is 0. The highest BCUT2D eigenvalue weighted by Crippen LogP contribution is 2.30. The zero-order valence-electron chi connectivity index (χ0n) is 17.6. The van der Waals surface area contributed by atoms with Crippen molar-refractivity contribution in [2.75, 3.05) is 13.2 Å². The molecule has 1 fully saturated rings. The number of hydrogen-bond acceptors (Lipinski definition) is 5. The number of amides is 1. The first-order valence-corrected chi connectivity index (χ1v) is 11.9. The number of sulfonamides is 1. The van der Waals surface area contributed by atoms with Crippen LogP contribution < -0.4 is 14.8 Å². The standard InChI is InChI=1S/C22H25F3N2O5S/c23-22(24,25)16-4-8-19(9-5-16)32-14-18(28)13-26-21(29)12-3-15-1-10-20(11-2-15)33(30,31)27-17-6-7-17/h1-2,4-5,8-11,17-18,27-28H,3,6-7,12-14H2,(H,26,29). The van der Waals surface area contributed by atoms with Gasteiger partial charge in [0.2, 0.25) is 15.9 Å². The number of aliphatic hydroxyl groups is 1. The Kier molecular flexibility index (Phi) is 7.98. The minimum Gasteiger partial charge on any atom is -0.491 e. The molecule has 180 valence electrons. The minimum absolute atomic E-state index is 0.0223. The Labute approximate surface area is 190 Å². The van der Waals surface area contributed by atoms with Crippen molar-refractivity contribution in [2.24, 2.45) is 0 Å². The second-order valence-electron chi connectivity index (χ2n) is 7.83. The van der Waals surface area contributed by atoms with Crippen molar-refractivity contribution >= 4 is 15.9 Å². The first-order valence-electron chi connectivity index (χ1n) is 10.4. The molecule has 2 aromatic carbocycles. The Bertz CT molecular complexity index is 1040. The van der Waals surface area contributed by atoms with Gasteiger partial charge in [0.1, 0.15) is 18.5 Å². The third-order valence-corrected chi connectivity index (χ3v) is 6.47. The summed E-state index contributed by atoms with van der Waals surface area (Å²) in [4.78, 5) is 12.2. The smallest absolute Gasteiger partial charge is 0.416 e.